The molecule has 0 unspecified atom stereocenters. The Kier molecular flexibility index (Phi) is 2.17. The molecule has 1 aromatic heterocycles. The van der Waals surface area contributed by atoms with Gasteiger partial charge in [-0.05, 0) is 6.07 Å². The Balaban J connectivity index is 2.84. The number of halogens is 1. The van der Waals surface area contributed by atoms with E-state index in [0.717, 1.165) is 6.07 Å². The molecule has 1 aromatic carbocycles. The van der Waals surface area contributed by atoms with Crippen LogP contribution < -0.4 is 5.63 Å². The molecule has 0 atom stereocenters. The lowest BCUT2D eigenvalue weighted by Crippen LogP contribution is -1.95. The molecule has 0 spiro atoms. The molecule has 76 valence electrons. The molecule has 0 saturated heterocycles. The highest BCUT2D eigenvalue weighted by atomic mass is 35.5. The van der Waals surface area contributed by atoms with E-state index in [1.807, 2.05) is 0 Å². The zero-order valence-electron chi connectivity index (χ0n) is 7.27. The van der Waals surface area contributed by atoms with Crippen LogP contribution in [0.15, 0.2) is 33.5 Å². The van der Waals surface area contributed by atoms with Crippen molar-refractivity contribution in [3.63, 3.8) is 0 Å². The number of fused-ring (bicyclic) bond motifs is 1. The summed E-state index contributed by atoms with van der Waals surface area (Å²) in [6.07, 6.45) is 0. The molecule has 0 bridgehead atoms. The van der Waals surface area contributed by atoms with Crippen molar-refractivity contribution in [1.29, 1.82) is 0 Å². The van der Waals surface area contributed by atoms with E-state index < -0.39 is 10.5 Å². The summed E-state index contributed by atoms with van der Waals surface area (Å²) in [5, 5.41) is 11.0. The first-order valence-corrected chi connectivity index (χ1v) is 4.33. The SMILES string of the molecule is O=c1ccc2cc([N+](=O)[O-])cc(Cl)c2o1. The zero-order chi connectivity index (χ0) is 11.0. The Morgan fingerprint density at radius 3 is 2.73 bits per heavy atom. The van der Waals surface area contributed by atoms with Gasteiger partial charge in [0.1, 0.15) is 0 Å². The van der Waals surface area contributed by atoms with E-state index in [1.165, 1.54) is 18.2 Å². The summed E-state index contributed by atoms with van der Waals surface area (Å²) < 4.78 is 4.82. The Morgan fingerprint density at radius 2 is 2.07 bits per heavy atom. The van der Waals surface area contributed by atoms with Gasteiger partial charge in [-0.15, -0.1) is 0 Å². The van der Waals surface area contributed by atoms with Crippen LogP contribution in [0.3, 0.4) is 0 Å². The van der Waals surface area contributed by atoms with E-state index in [-0.39, 0.29) is 16.3 Å². The summed E-state index contributed by atoms with van der Waals surface area (Å²) in [5.41, 5.74) is -0.519. The first-order chi connectivity index (χ1) is 7.08. The lowest BCUT2D eigenvalue weighted by Gasteiger charge is -1.98. The Hall–Kier alpha value is -1.88. The van der Waals surface area contributed by atoms with E-state index in [4.69, 9.17) is 16.0 Å². The number of nitro benzene ring substituents is 1. The number of benzene rings is 1. The first kappa shape index (κ1) is 9.67. The van der Waals surface area contributed by atoms with Gasteiger partial charge in [0.2, 0.25) is 0 Å². The molecule has 1 heterocycles. The second kappa shape index (κ2) is 3.36. The van der Waals surface area contributed by atoms with Gasteiger partial charge in [0.15, 0.2) is 5.58 Å². The highest BCUT2D eigenvalue weighted by Gasteiger charge is 2.11. The standard InChI is InChI=1S/C9H4ClNO4/c10-7-4-6(11(13)14)3-5-1-2-8(12)15-9(5)7/h1-4H. The molecular formula is C9H4ClNO4. The van der Waals surface area contributed by atoms with Crippen LogP contribution in [0, 0.1) is 10.1 Å². The van der Waals surface area contributed by atoms with Gasteiger partial charge in [0.05, 0.1) is 9.95 Å². The van der Waals surface area contributed by atoms with E-state index in [9.17, 15) is 14.9 Å². The van der Waals surface area contributed by atoms with Gasteiger partial charge in [-0.2, -0.15) is 0 Å². The number of hydrogen-bond acceptors (Lipinski definition) is 4. The third-order valence-corrected chi connectivity index (χ3v) is 2.15. The van der Waals surface area contributed by atoms with Gasteiger partial charge in [0.25, 0.3) is 5.69 Å². The minimum atomic E-state index is -0.559. The number of nitrogens with zero attached hydrogens (tertiary/aromatic N) is 1. The lowest BCUT2D eigenvalue weighted by molar-refractivity contribution is -0.384. The van der Waals surface area contributed by atoms with Crippen LogP contribution in [0.2, 0.25) is 5.02 Å². The lowest BCUT2D eigenvalue weighted by atomic mass is 10.2. The molecule has 0 aliphatic heterocycles. The van der Waals surface area contributed by atoms with Crippen LogP contribution in [-0.2, 0) is 0 Å². The maximum Gasteiger partial charge on any atom is 0.336 e. The fourth-order valence-electron chi connectivity index (χ4n) is 1.23. The normalized spacial score (nSPS) is 10.5. The third-order valence-electron chi connectivity index (χ3n) is 1.87. The summed E-state index contributed by atoms with van der Waals surface area (Å²) >= 11 is 5.74. The number of hydrogen-bond donors (Lipinski definition) is 0. The Morgan fingerprint density at radius 1 is 1.33 bits per heavy atom. The van der Waals surface area contributed by atoms with Crippen LogP contribution in [-0.4, -0.2) is 4.92 Å². The van der Waals surface area contributed by atoms with Crippen LogP contribution >= 0.6 is 11.6 Å². The van der Waals surface area contributed by atoms with Crippen molar-refractivity contribution in [2.24, 2.45) is 0 Å². The zero-order valence-corrected chi connectivity index (χ0v) is 8.02. The van der Waals surface area contributed by atoms with Crippen LogP contribution in [0.25, 0.3) is 11.0 Å². The van der Waals surface area contributed by atoms with E-state index >= 15 is 0 Å². The topological polar surface area (TPSA) is 73.3 Å². The summed E-state index contributed by atoms with van der Waals surface area (Å²) in [5.74, 6) is 0. The summed E-state index contributed by atoms with van der Waals surface area (Å²) in [6.45, 7) is 0. The van der Waals surface area contributed by atoms with Crippen LogP contribution in [0.5, 0.6) is 0 Å². The Bertz CT molecular complexity index is 605. The molecular weight excluding hydrogens is 222 g/mol. The van der Waals surface area contributed by atoms with Crippen molar-refractivity contribution in [1.82, 2.24) is 0 Å². The third kappa shape index (κ3) is 1.69. The van der Waals surface area contributed by atoms with Crippen LogP contribution in [0.4, 0.5) is 5.69 Å². The molecule has 0 saturated carbocycles. The average molecular weight is 226 g/mol. The van der Waals surface area contributed by atoms with Crippen LogP contribution in [0.1, 0.15) is 0 Å². The van der Waals surface area contributed by atoms with Gasteiger partial charge in [0, 0.05) is 23.6 Å². The minimum absolute atomic E-state index is 0.0527. The molecule has 0 aliphatic rings. The molecule has 0 amide bonds. The van der Waals surface area contributed by atoms with E-state index in [1.54, 1.807) is 0 Å². The molecule has 2 rings (SSSR count). The summed E-state index contributed by atoms with van der Waals surface area (Å²) in [7, 11) is 0. The van der Waals surface area contributed by atoms with Gasteiger partial charge in [-0.1, -0.05) is 11.6 Å². The molecule has 15 heavy (non-hydrogen) atoms. The van der Waals surface area contributed by atoms with Crippen molar-refractivity contribution >= 4 is 28.3 Å². The van der Waals surface area contributed by atoms with E-state index in [0.29, 0.717) is 5.39 Å². The summed E-state index contributed by atoms with van der Waals surface area (Å²) in [4.78, 5) is 20.9. The molecule has 0 aliphatic carbocycles. The quantitative estimate of drug-likeness (QED) is 0.424. The van der Waals surface area contributed by atoms with Crippen molar-refractivity contribution in [2.75, 3.05) is 0 Å². The molecule has 6 heteroatoms. The predicted molar refractivity (Wildman–Crippen MR) is 54.1 cm³/mol. The first-order valence-electron chi connectivity index (χ1n) is 3.96. The summed E-state index contributed by atoms with van der Waals surface area (Å²) in [6, 6.07) is 5.05. The average Bonchev–Trinajstić information content (AvgIpc) is 2.18. The maximum atomic E-state index is 10.9. The largest absolute Gasteiger partial charge is 0.421 e. The number of non-ortho nitro benzene ring substituents is 1. The van der Waals surface area contributed by atoms with Gasteiger partial charge in [-0.3, -0.25) is 10.1 Å². The van der Waals surface area contributed by atoms with Crippen molar-refractivity contribution in [3.8, 4) is 0 Å². The monoisotopic (exact) mass is 225 g/mol. The van der Waals surface area contributed by atoms with Crippen molar-refractivity contribution < 1.29 is 9.34 Å². The number of nitro groups is 1. The fraction of sp³-hybridized carbons (Fsp3) is 0. The Labute approximate surface area is 88.0 Å². The maximum absolute atomic E-state index is 10.9. The van der Waals surface area contributed by atoms with Gasteiger partial charge >= 0.3 is 5.63 Å². The van der Waals surface area contributed by atoms with Gasteiger partial charge in [-0.25, -0.2) is 4.79 Å². The predicted octanol–water partition coefficient (Wildman–Crippen LogP) is 2.35. The molecule has 0 radical (unpaired) electrons. The fourth-order valence-corrected chi connectivity index (χ4v) is 1.49. The minimum Gasteiger partial charge on any atom is -0.421 e. The van der Waals surface area contributed by atoms with Crippen molar-refractivity contribution in [3.05, 3.63) is 49.8 Å². The number of rotatable bonds is 1. The highest BCUT2D eigenvalue weighted by molar-refractivity contribution is 6.35. The van der Waals surface area contributed by atoms with Crippen molar-refractivity contribution in [2.45, 2.75) is 0 Å². The second-order valence-electron chi connectivity index (χ2n) is 2.86. The molecule has 0 N–H and O–H groups in total. The van der Waals surface area contributed by atoms with E-state index in [2.05, 4.69) is 0 Å². The molecule has 5 nitrogen and oxygen atoms in total. The molecule has 0 fully saturated rings. The highest BCUT2D eigenvalue weighted by Crippen LogP contribution is 2.27. The second-order valence-corrected chi connectivity index (χ2v) is 3.26. The molecule has 2 aromatic rings. The smallest absolute Gasteiger partial charge is 0.336 e. The van der Waals surface area contributed by atoms with Gasteiger partial charge < -0.3 is 4.42 Å².